The molecule has 0 spiro atoms. The molecule has 0 saturated heterocycles. The van der Waals surface area contributed by atoms with Gasteiger partial charge in [0.2, 0.25) is 0 Å². The zero-order chi connectivity index (χ0) is 15.8. The molecule has 1 aromatic heterocycles. The SMILES string of the molecule is Cc1cccc(OCCOc2cccn(CCCO)c2=O)c1. The van der Waals surface area contributed by atoms with Gasteiger partial charge in [-0.25, -0.2) is 0 Å². The van der Waals surface area contributed by atoms with Crippen LogP contribution in [-0.2, 0) is 6.54 Å². The van der Waals surface area contributed by atoms with E-state index in [1.807, 2.05) is 31.2 Å². The highest BCUT2D eigenvalue weighted by Gasteiger charge is 2.04. The Bertz CT molecular complexity index is 651. The average Bonchev–Trinajstić information content (AvgIpc) is 2.52. The summed E-state index contributed by atoms with van der Waals surface area (Å²) in [5.41, 5.74) is 0.944. The Kier molecular flexibility index (Phi) is 6.03. The maximum Gasteiger partial charge on any atom is 0.292 e. The quantitative estimate of drug-likeness (QED) is 0.758. The number of nitrogens with zero attached hydrogens (tertiary/aromatic N) is 1. The van der Waals surface area contributed by atoms with Crippen LogP contribution in [0.3, 0.4) is 0 Å². The molecule has 2 rings (SSSR count). The molecule has 2 aromatic rings. The third kappa shape index (κ3) is 4.63. The fraction of sp³-hybridized carbons (Fsp3) is 0.353. The highest BCUT2D eigenvalue weighted by atomic mass is 16.5. The van der Waals surface area contributed by atoms with E-state index in [0.29, 0.717) is 31.9 Å². The number of aliphatic hydroxyl groups excluding tert-OH is 1. The molecule has 0 bridgehead atoms. The second kappa shape index (κ2) is 8.24. The first kappa shape index (κ1) is 16.1. The number of hydrogen-bond donors (Lipinski definition) is 1. The smallest absolute Gasteiger partial charge is 0.292 e. The van der Waals surface area contributed by atoms with E-state index in [-0.39, 0.29) is 12.2 Å². The van der Waals surface area contributed by atoms with Gasteiger partial charge in [-0.3, -0.25) is 4.79 Å². The number of pyridine rings is 1. The van der Waals surface area contributed by atoms with Crippen LogP contribution in [-0.4, -0.2) is 29.5 Å². The van der Waals surface area contributed by atoms with Crippen molar-refractivity contribution in [1.29, 1.82) is 0 Å². The lowest BCUT2D eigenvalue weighted by molar-refractivity contribution is 0.214. The molecule has 22 heavy (non-hydrogen) atoms. The van der Waals surface area contributed by atoms with E-state index in [1.165, 1.54) is 4.57 Å². The third-order valence-electron chi connectivity index (χ3n) is 3.14. The molecule has 0 radical (unpaired) electrons. The summed E-state index contributed by atoms with van der Waals surface area (Å²) in [6.07, 6.45) is 2.23. The number of aliphatic hydroxyl groups is 1. The van der Waals surface area contributed by atoms with Gasteiger partial charge < -0.3 is 19.1 Å². The second-order valence-electron chi connectivity index (χ2n) is 4.96. The first-order chi connectivity index (χ1) is 10.7. The number of hydrogen-bond acceptors (Lipinski definition) is 4. The molecular formula is C17H21NO4. The molecule has 0 aliphatic rings. The summed E-state index contributed by atoms with van der Waals surface area (Å²) in [5, 5.41) is 8.83. The molecule has 5 nitrogen and oxygen atoms in total. The van der Waals surface area contributed by atoms with Crippen molar-refractivity contribution in [1.82, 2.24) is 4.57 Å². The maximum absolute atomic E-state index is 12.1. The molecular weight excluding hydrogens is 282 g/mol. The van der Waals surface area contributed by atoms with Crippen LogP contribution in [0.4, 0.5) is 0 Å². The van der Waals surface area contributed by atoms with Crippen molar-refractivity contribution in [3.8, 4) is 11.5 Å². The first-order valence-corrected chi connectivity index (χ1v) is 7.33. The number of aryl methyl sites for hydroxylation is 2. The summed E-state index contributed by atoms with van der Waals surface area (Å²) < 4.78 is 12.6. The molecule has 1 heterocycles. The molecule has 0 aliphatic carbocycles. The highest BCUT2D eigenvalue weighted by Crippen LogP contribution is 2.12. The van der Waals surface area contributed by atoms with Crippen LogP contribution < -0.4 is 15.0 Å². The van der Waals surface area contributed by atoms with Gasteiger partial charge in [-0.05, 0) is 43.2 Å². The predicted octanol–water partition coefficient (Wildman–Crippen LogP) is 2.00. The van der Waals surface area contributed by atoms with E-state index in [4.69, 9.17) is 14.6 Å². The molecule has 0 aliphatic heterocycles. The normalized spacial score (nSPS) is 10.5. The Morgan fingerprint density at radius 1 is 1.14 bits per heavy atom. The zero-order valence-electron chi connectivity index (χ0n) is 12.7. The molecule has 5 heteroatoms. The molecule has 0 amide bonds. The van der Waals surface area contributed by atoms with Gasteiger partial charge >= 0.3 is 0 Å². The standard InChI is InChI=1S/C17H21NO4/c1-14-5-2-6-15(13-14)21-11-12-22-16-7-3-8-18(17(16)20)9-4-10-19/h2-3,5-8,13,19H,4,9-12H2,1H3. The van der Waals surface area contributed by atoms with Crippen LogP contribution in [0.5, 0.6) is 11.5 Å². The van der Waals surface area contributed by atoms with Crippen molar-refractivity contribution in [2.45, 2.75) is 19.9 Å². The Morgan fingerprint density at radius 2 is 1.95 bits per heavy atom. The molecule has 0 atom stereocenters. The fourth-order valence-electron chi connectivity index (χ4n) is 2.06. The van der Waals surface area contributed by atoms with Gasteiger partial charge in [0.15, 0.2) is 5.75 Å². The van der Waals surface area contributed by atoms with Gasteiger partial charge in [-0.15, -0.1) is 0 Å². The van der Waals surface area contributed by atoms with Crippen LogP contribution in [0.2, 0.25) is 0 Å². The molecule has 0 unspecified atom stereocenters. The van der Waals surface area contributed by atoms with Gasteiger partial charge in [0.25, 0.3) is 5.56 Å². The molecule has 0 saturated carbocycles. The zero-order valence-corrected chi connectivity index (χ0v) is 12.7. The summed E-state index contributed by atoms with van der Waals surface area (Å²) in [7, 11) is 0. The van der Waals surface area contributed by atoms with Crippen LogP contribution in [0.1, 0.15) is 12.0 Å². The van der Waals surface area contributed by atoms with Gasteiger partial charge in [0.05, 0.1) is 0 Å². The van der Waals surface area contributed by atoms with Gasteiger partial charge in [0, 0.05) is 19.3 Å². The van der Waals surface area contributed by atoms with Crippen molar-refractivity contribution >= 4 is 0 Å². The Hall–Kier alpha value is -2.27. The van der Waals surface area contributed by atoms with E-state index in [9.17, 15) is 4.79 Å². The average molecular weight is 303 g/mol. The number of rotatable bonds is 8. The number of aromatic nitrogens is 1. The Labute approximate surface area is 129 Å². The monoisotopic (exact) mass is 303 g/mol. The van der Waals surface area contributed by atoms with E-state index in [1.54, 1.807) is 18.3 Å². The predicted molar refractivity (Wildman–Crippen MR) is 84.6 cm³/mol. The van der Waals surface area contributed by atoms with Crippen LogP contribution in [0.25, 0.3) is 0 Å². The Morgan fingerprint density at radius 3 is 2.73 bits per heavy atom. The Balaban J connectivity index is 1.85. The lowest BCUT2D eigenvalue weighted by atomic mass is 10.2. The van der Waals surface area contributed by atoms with E-state index >= 15 is 0 Å². The fourth-order valence-corrected chi connectivity index (χ4v) is 2.06. The van der Waals surface area contributed by atoms with Crippen molar-refractivity contribution < 1.29 is 14.6 Å². The van der Waals surface area contributed by atoms with Crippen LogP contribution in [0, 0.1) is 6.92 Å². The van der Waals surface area contributed by atoms with Gasteiger partial charge in [-0.2, -0.15) is 0 Å². The highest BCUT2D eigenvalue weighted by molar-refractivity contribution is 5.27. The third-order valence-corrected chi connectivity index (χ3v) is 3.14. The summed E-state index contributed by atoms with van der Waals surface area (Å²) >= 11 is 0. The summed E-state index contributed by atoms with van der Waals surface area (Å²) in [6, 6.07) is 11.2. The van der Waals surface area contributed by atoms with Crippen molar-refractivity contribution in [2.24, 2.45) is 0 Å². The van der Waals surface area contributed by atoms with E-state index < -0.39 is 0 Å². The molecule has 118 valence electrons. The molecule has 1 N–H and O–H groups in total. The lowest BCUT2D eigenvalue weighted by Crippen LogP contribution is -2.23. The summed E-state index contributed by atoms with van der Waals surface area (Å²) in [6.45, 7) is 3.21. The van der Waals surface area contributed by atoms with Crippen LogP contribution >= 0.6 is 0 Å². The summed E-state index contributed by atoms with van der Waals surface area (Å²) in [4.78, 5) is 12.1. The number of benzene rings is 1. The van der Waals surface area contributed by atoms with Gasteiger partial charge in [-0.1, -0.05) is 12.1 Å². The van der Waals surface area contributed by atoms with Gasteiger partial charge in [0.1, 0.15) is 19.0 Å². The van der Waals surface area contributed by atoms with E-state index in [2.05, 4.69) is 0 Å². The minimum atomic E-state index is -0.188. The lowest BCUT2D eigenvalue weighted by Gasteiger charge is -2.10. The topological polar surface area (TPSA) is 60.7 Å². The largest absolute Gasteiger partial charge is 0.490 e. The van der Waals surface area contributed by atoms with Crippen LogP contribution in [0.15, 0.2) is 47.4 Å². The number of ether oxygens (including phenoxy) is 2. The maximum atomic E-state index is 12.1. The molecule has 1 aromatic carbocycles. The minimum absolute atomic E-state index is 0.0574. The van der Waals surface area contributed by atoms with Crippen molar-refractivity contribution in [3.05, 3.63) is 58.5 Å². The minimum Gasteiger partial charge on any atom is -0.490 e. The second-order valence-corrected chi connectivity index (χ2v) is 4.96. The summed E-state index contributed by atoms with van der Waals surface area (Å²) in [5.74, 6) is 1.09. The van der Waals surface area contributed by atoms with E-state index in [0.717, 1.165) is 11.3 Å². The van der Waals surface area contributed by atoms with Crippen molar-refractivity contribution in [2.75, 3.05) is 19.8 Å². The van der Waals surface area contributed by atoms with Crippen molar-refractivity contribution in [3.63, 3.8) is 0 Å². The first-order valence-electron chi connectivity index (χ1n) is 7.33. The molecule has 0 fully saturated rings.